The number of nitrogens with one attached hydrogen (secondary N) is 2. The fourth-order valence-corrected chi connectivity index (χ4v) is 6.92. The minimum atomic E-state index is -0.522. The molecular weight excluding hydrogens is 648 g/mol. The second-order valence-electron chi connectivity index (χ2n) is 12.8. The third-order valence-electron chi connectivity index (χ3n) is 9.60. The van der Waals surface area contributed by atoms with Crippen molar-refractivity contribution in [2.24, 2.45) is 28.2 Å². The fourth-order valence-electron chi connectivity index (χ4n) is 6.92. The van der Waals surface area contributed by atoms with Gasteiger partial charge in [-0.2, -0.15) is 9.97 Å². The number of fused-ring (bicyclic) bond motifs is 2. The van der Waals surface area contributed by atoms with Crippen LogP contribution in [0.5, 0.6) is 0 Å². The van der Waals surface area contributed by atoms with Crippen LogP contribution in [0.15, 0.2) is 19.2 Å². The largest absolute Gasteiger partial charge is 0.332 e. The number of anilines is 2. The number of imidazole rings is 2. The summed E-state index contributed by atoms with van der Waals surface area (Å²) in [6.45, 7) is 10.0. The number of amides is 2. The highest BCUT2D eigenvalue weighted by atomic mass is 16.2. The molecule has 0 aromatic carbocycles. The Morgan fingerprint density at radius 1 is 0.620 bits per heavy atom. The van der Waals surface area contributed by atoms with Crippen molar-refractivity contribution < 1.29 is 9.59 Å². The number of hydrogen-bond acceptors (Lipinski definition) is 10. The van der Waals surface area contributed by atoms with Crippen LogP contribution in [0, 0.1) is 0 Å². The SMILES string of the molecule is CCCC(=O)N(c1nc2c([nH]1)c(=O)n(C)c(=O)n2C)C(CC)N1CCN(C(CC)N(C(=O)CCC)c2nc3c([nH]2)c(=O)n(C)c(=O)n3C)CC1. The topological polar surface area (TPSA) is 192 Å². The second kappa shape index (κ2) is 14.6. The van der Waals surface area contributed by atoms with E-state index in [9.17, 15) is 28.8 Å². The molecule has 0 aliphatic carbocycles. The quantitative estimate of drug-likeness (QED) is 0.208. The third kappa shape index (κ3) is 6.21. The van der Waals surface area contributed by atoms with E-state index in [1.165, 1.54) is 37.3 Å². The maximum atomic E-state index is 13.7. The van der Waals surface area contributed by atoms with E-state index in [1.54, 1.807) is 9.80 Å². The van der Waals surface area contributed by atoms with Gasteiger partial charge in [0.25, 0.3) is 11.1 Å². The molecule has 1 aliphatic heterocycles. The van der Waals surface area contributed by atoms with Gasteiger partial charge in [-0.1, -0.05) is 27.7 Å². The number of aryl methyl sites for hydroxylation is 2. The van der Waals surface area contributed by atoms with E-state index in [4.69, 9.17) is 0 Å². The zero-order chi connectivity index (χ0) is 36.6. The summed E-state index contributed by atoms with van der Waals surface area (Å²) in [6.07, 6.45) is 2.09. The number of carbonyl (C=O) groups is 2. The molecule has 5 rings (SSSR count). The first kappa shape index (κ1) is 36.4. The number of rotatable bonds is 12. The average Bonchev–Trinajstić information content (AvgIpc) is 3.75. The fraction of sp³-hybridized carbons (Fsp3) is 0.625. The third-order valence-corrected chi connectivity index (χ3v) is 9.60. The molecule has 4 aromatic rings. The molecular formula is C32H48N12O6. The lowest BCUT2D eigenvalue weighted by Crippen LogP contribution is -2.61. The Hall–Kier alpha value is -4.84. The van der Waals surface area contributed by atoms with Gasteiger partial charge in [-0.05, 0) is 25.7 Å². The molecule has 272 valence electrons. The van der Waals surface area contributed by atoms with Gasteiger partial charge in [0, 0.05) is 67.2 Å². The highest BCUT2D eigenvalue weighted by Gasteiger charge is 2.37. The summed E-state index contributed by atoms with van der Waals surface area (Å²) in [5.74, 6) is 0.102. The molecule has 18 heteroatoms. The van der Waals surface area contributed by atoms with Gasteiger partial charge < -0.3 is 9.97 Å². The zero-order valence-corrected chi connectivity index (χ0v) is 30.1. The molecule has 1 fully saturated rings. The van der Waals surface area contributed by atoms with Crippen LogP contribution < -0.4 is 32.3 Å². The second-order valence-corrected chi connectivity index (χ2v) is 12.8. The molecule has 2 atom stereocenters. The number of aromatic amines is 2. The first-order valence-corrected chi connectivity index (χ1v) is 17.2. The molecule has 0 radical (unpaired) electrons. The summed E-state index contributed by atoms with van der Waals surface area (Å²) in [5.41, 5.74) is -1.43. The first-order valence-electron chi connectivity index (χ1n) is 17.2. The number of piperazine rings is 1. The molecule has 0 spiro atoms. The average molecular weight is 697 g/mol. The Morgan fingerprint density at radius 2 is 0.960 bits per heavy atom. The minimum absolute atomic E-state index is 0.143. The molecule has 2 N–H and O–H groups in total. The lowest BCUT2D eigenvalue weighted by atomic mass is 10.1. The Kier molecular flexibility index (Phi) is 10.6. The normalized spacial score (nSPS) is 15.5. The van der Waals surface area contributed by atoms with Gasteiger partial charge in [0.1, 0.15) is 0 Å². The lowest BCUT2D eigenvalue weighted by molar-refractivity contribution is -0.121. The van der Waals surface area contributed by atoms with Crippen molar-refractivity contribution in [1.29, 1.82) is 0 Å². The molecule has 1 aliphatic rings. The van der Waals surface area contributed by atoms with Crippen LogP contribution in [0.1, 0.15) is 66.2 Å². The van der Waals surface area contributed by atoms with Crippen molar-refractivity contribution >= 4 is 46.0 Å². The molecule has 50 heavy (non-hydrogen) atoms. The Morgan fingerprint density at radius 3 is 1.26 bits per heavy atom. The van der Waals surface area contributed by atoms with Crippen molar-refractivity contribution in [3.8, 4) is 0 Å². The predicted octanol–water partition coefficient (Wildman–Crippen LogP) is 0.290. The van der Waals surface area contributed by atoms with Gasteiger partial charge >= 0.3 is 11.4 Å². The number of nitrogens with zero attached hydrogens (tertiary/aromatic N) is 10. The van der Waals surface area contributed by atoms with Gasteiger partial charge in [0.15, 0.2) is 22.3 Å². The molecule has 2 amide bonds. The summed E-state index contributed by atoms with van der Waals surface area (Å²) in [4.78, 5) is 101. The molecule has 1 saturated heterocycles. The van der Waals surface area contributed by atoms with Gasteiger partial charge in [-0.3, -0.25) is 57.0 Å². The standard InChI is InChI=1S/C32H48N12O6/c1-9-13-21(45)43(29-33-23-25(35-29)37(5)31(49)39(7)27(23)47)19(11-3)41-15-17-42(18-16-41)20(12-4)44(22(46)14-10-2)30-34-24-26(36-30)38(6)32(50)40(8)28(24)48/h19-20H,9-18H2,1-8H3,(H,33,35)(H,34,36). The van der Waals surface area contributed by atoms with Gasteiger partial charge in [-0.25, -0.2) is 9.59 Å². The highest BCUT2D eigenvalue weighted by molar-refractivity contribution is 5.94. The zero-order valence-electron chi connectivity index (χ0n) is 30.1. The Balaban J connectivity index is 1.46. The van der Waals surface area contributed by atoms with Gasteiger partial charge in [0.05, 0.1) is 12.3 Å². The van der Waals surface area contributed by atoms with E-state index in [0.717, 1.165) is 9.13 Å². The molecule has 5 heterocycles. The van der Waals surface area contributed by atoms with Crippen molar-refractivity contribution in [2.75, 3.05) is 36.0 Å². The number of hydrogen-bond donors (Lipinski definition) is 2. The van der Waals surface area contributed by atoms with Crippen molar-refractivity contribution in [2.45, 2.75) is 78.6 Å². The van der Waals surface area contributed by atoms with Crippen LogP contribution in [0.3, 0.4) is 0 Å². The summed E-state index contributed by atoms with van der Waals surface area (Å²) < 4.78 is 4.58. The summed E-state index contributed by atoms with van der Waals surface area (Å²) in [6, 6.07) is 0. The number of H-pyrrole nitrogens is 2. The number of carbonyl (C=O) groups excluding carboxylic acids is 2. The molecule has 0 saturated carbocycles. The van der Waals surface area contributed by atoms with E-state index in [2.05, 4.69) is 29.7 Å². The molecule has 0 bridgehead atoms. The molecule has 2 unspecified atom stereocenters. The predicted molar refractivity (Wildman–Crippen MR) is 189 cm³/mol. The van der Waals surface area contributed by atoms with Crippen molar-refractivity contribution in [3.63, 3.8) is 0 Å². The monoisotopic (exact) mass is 696 g/mol. The van der Waals surface area contributed by atoms with Crippen LogP contribution in [0.25, 0.3) is 22.3 Å². The van der Waals surface area contributed by atoms with E-state index in [1.807, 2.05) is 27.7 Å². The van der Waals surface area contributed by atoms with Crippen LogP contribution in [-0.4, -0.2) is 98.3 Å². The summed E-state index contributed by atoms with van der Waals surface area (Å²) in [7, 11) is 5.87. The van der Waals surface area contributed by atoms with Crippen molar-refractivity contribution in [1.82, 2.24) is 48.0 Å². The minimum Gasteiger partial charge on any atom is -0.318 e. The molecule has 18 nitrogen and oxygen atoms in total. The van der Waals surface area contributed by atoms with Crippen LogP contribution in [0.4, 0.5) is 11.9 Å². The maximum absolute atomic E-state index is 13.7. The van der Waals surface area contributed by atoms with Crippen LogP contribution >= 0.6 is 0 Å². The smallest absolute Gasteiger partial charge is 0.318 e. The van der Waals surface area contributed by atoms with Gasteiger partial charge in [0.2, 0.25) is 23.7 Å². The van der Waals surface area contributed by atoms with E-state index in [-0.39, 0.29) is 58.9 Å². The van der Waals surface area contributed by atoms with E-state index in [0.29, 0.717) is 51.9 Å². The molecule has 4 aromatic heterocycles. The Labute approximate surface area is 287 Å². The van der Waals surface area contributed by atoms with E-state index < -0.39 is 34.8 Å². The first-order chi connectivity index (χ1) is 23.8. The lowest BCUT2D eigenvalue weighted by Gasteiger charge is -2.46. The van der Waals surface area contributed by atoms with Crippen LogP contribution in [0.2, 0.25) is 0 Å². The van der Waals surface area contributed by atoms with E-state index >= 15 is 0 Å². The number of aromatic nitrogens is 8. The summed E-state index contributed by atoms with van der Waals surface area (Å²) >= 11 is 0. The van der Waals surface area contributed by atoms with Crippen molar-refractivity contribution in [3.05, 3.63) is 41.7 Å². The van der Waals surface area contributed by atoms with Crippen LogP contribution in [-0.2, 0) is 37.8 Å². The summed E-state index contributed by atoms with van der Waals surface area (Å²) in [5, 5.41) is 0. The van der Waals surface area contributed by atoms with Gasteiger partial charge in [-0.15, -0.1) is 0 Å². The maximum Gasteiger partial charge on any atom is 0.332 e. The Bertz CT molecular complexity index is 1990. The highest BCUT2D eigenvalue weighted by Crippen LogP contribution is 2.26.